The molecule has 0 aromatic heterocycles. The molecule has 2 nitrogen and oxygen atoms in total. The summed E-state index contributed by atoms with van der Waals surface area (Å²) in [5, 5.41) is 0. The third-order valence-electron chi connectivity index (χ3n) is 0.816. The van der Waals surface area contributed by atoms with Gasteiger partial charge in [0.1, 0.15) is 5.78 Å². The van der Waals surface area contributed by atoms with Crippen molar-refractivity contribution >= 4 is 12.0 Å². The largest absolute Gasteiger partial charge is 0.300 e. The number of rotatable bonds is 4. The van der Waals surface area contributed by atoms with Gasteiger partial charge in [-0.05, 0) is 6.92 Å². The zero-order valence-corrected chi connectivity index (χ0v) is 6.13. The Morgan fingerprint density at radius 3 is 2.70 bits per heavy atom. The molecule has 0 bridgehead atoms. The fourth-order valence-corrected chi connectivity index (χ4v) is 0.491. The van der Waals surface area contributed by atoms with Gasteiger partial charge in [0.05, 0.1) is 0 Å². The number of Topliss-reactive ketones (excluding diaryl/α,β-unsaturated/α-hetero) is 1. The molecule has 0 amide bonds. The number of ketones is 1. The SMILES string of the molecule is C=CC=NC(=C)CC(C)=O. The van der Waals surface area contributed by atoms with Crippen LogP contribution in [0.5, 0.6) is 0 Å². The first-order valence-corrected chi connectivity index (χ1v) is 2.99. The van der Waals surface area contributed by atoms with Crippen molar-refractivity contribution < 1.29 is 4.79 Å². The van der Waals surface area contributed by atoms with Gasteiger partial charge in [-0.3, -0.25) is 9.79 Å². The zero-order valence-electron chi connectivity index (χ0n) is 6.13. The normalized spacial score (nSPS) is 9.70. The summed E-state index contributed by atoms with van der Waals surface area (Å²) in [5.74, 6) is 0.0752. The standard InChI is InChI=1S/C8H11NO/c1-4-5-9-7(2)6-8(3)10/h4-5H,1-2,6H2,3H3. The van der Waals surface area contributed by atoms with Crippen LogP contribution < -0.4 is 0 Å². The van der Waals surface area contributed by atoms with E-state index in [1.54, 1.807) is 6.08 Å². The first-order valence-electron chi connectivity index (χ1n) is 2.99. The highest BCUT2D eigenvalue weighted by Crippen LogP contribution is 1.98. The Kier molecular flexibility index (Phi) is 4.12. The van der Waals surface area contributed by atoms with Crippen molar-refractivity contribution in [1.29, 1.82) is 0 Å². The van der Waals surface area contributed by atoms with Gasteiger partial charge in [-0.25, -0.2) is 0 Å². The van der Waals surface area contributed by atoms with E-state index in [0.717, 1.165) is 0 Å². The van der Waals surface area contributed by atoms with Crippen LogP contribution in [0.4, 0.5) is 0 Å². The second-order valence-electron chi connectivity index (χ2n) is 1.96. The van der Waals surface area contributed by atoms with Gasteiger partial charge in [0.2, 0.25) is 0 Å². The number of hydrogen-bond acceptors (Lipinski definition) is 2. The minimum Gasteiger partial charge on any atom is -0.300 e. The van der Waals surface area contributed by atoms with E-state index >= 15 is 0 Å². The third kappa shape index (κ3) is 4.97. The van der Waals surface area contributed by atoms with E-state index in [-0.39, 0.29) is 5.78 Å². The fourth-order valence-electron chi connectivity index (χ4n) is 0.491. The lowest BCUT2D eigenvalue weighted by atomic mass is 10.3. The van der Waals surface area contributed by atoms with Crippen molar-refractivity contribution in [3.63, 3.8) is 0 Å². The summed E-state index contributed by atoms with van der Waals surface area (Å²) in [6, 6.07) is 0. The molecule has 0 aliphatic rings. The van der Waals surface area contributed by atoms with Crippen molar-refractivity contribution in [2.45, 2.75) is 13.3 Å². The zero-order chi connectivity index (χ0) is 7.98. The van der Waals surface area contributed by atoms with Gasteiger partial charge in [-0.15, -0.1) is 0 Å². The van der Waals surface area contributed by atoms with Gasteiger partial charge >= 0.3 is 0 Å². The molecule has 0 radical (unpaired) electrons. The van der Waals surface area contributed by atoms with E-state index in [0.29, 0.717) is 12.1 Å². The number of carbonyl (C=O) groups is 1. The molecule has 0 saturated heterocycles. The molecule has 0 aliphatic heterocycles. The van der Waals surface area contributed by atoms with E-state index in [9.17, 15) is 4.79 Å². The number of hydrogen-bond donors (Lipinski definition) is 0. The van der Waals surface area contributed by atoms with Crippen LogP contribution in [-0.2, 0) is 4.79 Å². The molecule has 2 heteroatoms. The number of allylic oxidation sites excluding steroid dienone is 2. The van der Waals surface area contributed by atoms with Gasteiger partial charge in [-0.2, -0.15) is 0 Å². The Morgan fingerprint density at radius 2 is 2.30 bits per heavy atom. The van der Waals surface area contributed by atoms with Crippen LogP contribution in [0.3, 0.4) is 0 Å². The van der Waals surface area contributed by atoms with Crippen molar-refractivity contribution in [3.8, 4) is 0 Å². The minimum absolute atomic E-state index is 0.0752. The summed E-state index contributed by atoms with van der Waals surface area (Å²) in [6.07, 6.45) is 3.39. The lowest BCUT2D eigenvalue weighted by Crippen LogP contribution is -1.89. The molecule has 0 N–H and O–H groups in total. The van der Waals surface area contributed by atoms with Gasteiger partial charge < -0.3 is 0 Å². The summed E-state index contributed by atoms with van der Waals surface area (Å²) in [6.45, 7) is 8.51. The molecule has 0 atom stereocenters. The Bertz CT molecular complexity index is 180. The summed E-state index contributed by atoms with van der Waals surface area (Å²) < 4.78 is 0. The average molecular weight is 137 g/mol. The Morgan fingerprint density at radius 1 is 1.70 bits per heavy atom. The highest BCUT2D eigenvalue weighted by atomic mass is 16.1. The van der Waals surface area contributed by atoms with Crippen LogP contribution in [0.25, 0.3) is 0 Å². The van der Waals surface area contributed by atoms with Crippen molar-refractivity contribution in [2.75, 3.05) is 0 Å². The summed E-state index contributed by atoms with van der Waals surface area (Å²) in [4.78, 5) is 14.3. The van der Waals surface area contributed by atoms with Gasteiger partial charge in [0.25, 0.3) is 0 Å². The smallest absolute Gasteiger partial charge is 0.135 e. The third-order valence-corrected chi connectivity index (χ3v) is 0.816. The molecule has 0 aliphatic carbocycles. The van der Waals surface area contributed by atoms with Crippen molar-refractivity contribution in [2.24, 2.45) is 4.99 Å². The summed E-state index contributed by atoms with van der Waals surface area (Å²) in [7, 11) is 0. The lowest BCUT2D eigenvalue weighted by molar-refractivity contribution is -0.116. The Labute approximate surface area is 61.0 Å². The summed E-state index contributed by atoms with van der Waals surface area (Å²) in [5.41, 5.74) is 0.576. The van der Waals surface area contributed by atoms with Crippen LogP contribution in [-0.4, -0.2) is 12.0 Å². The second-order valence-corrected chi connectivity index (χ2v) is 1.96. The summed E-state index contributed by atoms with van der Waals surface area (Å²) >= 11 is 0. The molecule has 0 spiro atoms. The maximum atomic E-state index is 10.5. The molecular weight excluding hydrogens is 126 g/mol. The molecule has 0 heterocycles. The first-order chi connectivity index (χ1) is 4.66. The van der Waals surface area contributed by atoms with E-state index in [4.69, 9.17) is 0 Å². The highest BCUT2D eigenvalue weighted by molar-refractivity contribution is 5.79. The van der Waals surface area contributed by atoms with Gasteiger partial charge in [0.15, 0.2) is 0 Å². The maximum Gasteiger partial charge on any atom is 0.135 e. The number of nitrogens with zero attached hydrogens (tertiary/aromatic N) is 1. The van der Waals surface area contributed by atoms with E-state index in [2.05, 4.69) is 18.2 Å². The topological polar surface area (TPSA) is 29.4 Å². The molecular formula is C8H11NO. The highest BCUT2D eigenvalue weighted by Gasteiger charge is 1.93. The van der Waals surface area contributed by atoms with Gasteiger partial charge in [0, 0.05) is 18.3 Å². The molecule has 0 aromatic rings. The number of aliphatic imine (C=N–C) groups is 1. The second kappa shape index (κ2) is 4.68. The molecule has 54 valence electrons. The number of carbonyl (C=O) groups excluding carboxylic acids is 1. The van der Waals surface area contributed by atoms with Crippen LogP contribution in [0, 0.1) is 0 Å². The monoisotopic (exact) mass is 137 g/mol. The van der Waals surface area contributed by atoms with E-state index < -0.39 is 0 Å². The Hall–Kier alpha value is -1.18. The minimum atomic E-state index is 0.0752. The fraction of sp³-hybridized carbons (Fsp3) is 0.250. The molecule has 0 unspecified atom stereocenters. The first kappa shape index (κ1) is 8.82. The van der Waals surface area contributed by atoms with E-state index in [1.807, 2.05) is 0 Å². The van der Waals surface area contributed by atoms with Crippen LogP contribution in [0.1, 0.15) is 13.3 Å². The molecule has 0 rings (SSSR count). The lowest BCUT2D eigenvalue weighted by Gasteiger charge is -1.91. The van der Waals surface area contributed by atoms with Crippen LogP contribution >= 0.6 is 0 Å². The van der Waals surface area contributed by atoms with Crippen molar-refractivity contribution in [3.05, 3.63) is 24.9 Å². The predicted octanol–water partition coefficient (Wildman–Crippen LogP) is 1.74. The average Bonchev–Trinajstić information content (AvgIpc) is 1.82. The molecule has 10 heavy (non-hydrogen) atoms. The molecule has 0 fully saturated rings. The maximum absolute atomic E-state index is 10.5. The van der Waals surface area contributed by atoms with Crippen molar-refractivity contribution in [1.82, 2.24) is 0 Å². The molecule has 0 aromatic carbocycles. The quantitative estimate of drug-likeness (QED) is 0.542. The Balaban J connectivity index is 3.75. The van der Waals surface area contributed by atoms with Crippen LogP contribution in [0.2, 0.25) is 0 Å². The van der Waals surface area contributed by atoms with Crippen LogP contribution in [0.15, 0.2) is 29.9 Å². The van der Waals surface area contributed by atoms with E-state index in [1.165, 1.54) is 13.1 Å². The van der Waals surface area contributed by atoms with Gasteiger partial charge in [-0.1, -0.05) is 19.2 Å². The molecule has 0 saturated carbocycles. The predicted molar refractivity (Wildman–Crippen MR) is 43.1 cm³/mol.